The van der Waals surface area contributed by atoms with Crippen molar-refractivity contribution >= 4 is 28.5 Å². The van der Waals surface area contributed by atoms with Crippen LogP contribution in [0.15, 0.2) is 85.2 Å². The Morgan fingerprint density at radius 2 is 1.69 bits per heavy atom. The van der Waals surface area contributed by atoms with E-state index in [1.165, 1.54) is 18.2 Å². The molecule has 0 aliphatic rings. The van der Waals surface area contributed by atoms with Crippen molar-refractivity contribution in [3.8, 4) is 11.3 Å². The van der Waals surface area contributed by atoms with Crippen LogP contribution in [-0.4, -0.2) is 44.2 Å². The van der Waals surface area contributed by atoms with Gasteiger partial charge in [0.25, 0.3) is 0 Å². The van der Waals surface area contributed by atoms with Crippen molar-refractivity contribution in [1.29, 1.82) is 0 Å². The highest BCUT2D eigenvalue weighted by Gasteiger charge is 2.25. The third-order valence-electron chi connectivity index (χ3n) is 5.61. The van der Waals surface area contributed by atoms with Crippen molar-refractivity contribution in [1.82, 2.24) is 30.6 Å². The third-order valence-corrected chi connectivity index (χ3v) is 5.61. The van der Waals surface area contributed by atoms with Gasteiger partial charge in [0.2, 0.25) is 0 Å². The Morgan fingerprint density at radius 1 is 0.944 bits per heavy atom. The number of ether oxygens (including phenoxy) is 1. The molecular weight excluding hydrogens is 458 g/mol. The fourth-order valence-electron chi connectivity index (χ4n) is 4.00. The highest BCUT2D eigenvalue weighted by atomic mass is 16.5. The summed E-state index contributed by atoms with van der Waals surface area (Å²) < 4.78 is 4.63. The minimum absolute atomic E-state index is 0.180. The van der Waals surface area contributed by atoms with E-state index < -0.39 is 6.09 Å². The number of aromatic nitrogens is 5. The van der Waals surface area contributed by atoms with Crippen LogP contribution in [0.3, 0.4) is 0 Å². The number of methoxy groups -OCH3 is 1. The molecule has 0 aliphatic carbocycles. The van der Waals surface area contributed by atoms with Gasteiger partial charge >= 0.3 is 6.09 Å². The maximum absolute atomic E-state index is 14.3. The van der Waals surface area contributed by atoms with Gasteiger partial charge in [0.1, 0.15) is 0 Å². The van der Waals surface area contributed by atoms with Crippen molar-refractivity contribution in [3.05, 3.63) is 102 Å². The first kappa shape index (κ1) is 22.7. The number of para-hydroxylation sites is 2. The lowest BCUT2D eigenvalue weighted by Crippen LogP contribution is -2.30. The molecule has 5 aromatic rings. The lowest BCUT2D eigenvalue weighted by molar-refractivity contribution is 0.103. The summed E-state index contributed by atoms with van der Waals surface area (Å²) in [5, 5.41) is 12.7. The van der Waals surface area contributed by atoms with Crippen LogP contribution in [0, 0.1) is 0 Å². The number of rotatable bonds is 7. The van der Waals surface area contributed by atoms with Gasteiger partial charge in [0.15, 0.2) is 12.1 Å². The first-order valence-electron chi connectivity index (χ1n) is 11.1. The van der Waals surface area contributed by atoms with Crippen molar-refractivity contribution in [2.45, 2.75) is 6.54 Å². The molecule has 0 spiro atoms. The molecule has 3 aromatic carbocycles. The van der Waals surface area contributed by atoms with E-state index in [2.05, 4.69) is 31.0 Å². The molecular formula is C26H21N7O3. The molecule has 2 heterocycles. The molecule has 10 heteroatoms. The standard InChI is InChI=1S/C26H21N7O3/c1-36-26(35)31-30-22-14-8-6-12-19(22)25(34)23-18-11-5-7-13-21(18)29-24(17-9-3-2-4-10-17)20(23)15-33-28-16-27-32-33/h2-14,16,30H,15H2,1H3,(H,31,35). The minimum atomic E-state index is -0.684. The summed E-state index contributed by atoms with van der Waals surface area (Å²) in [6, 6.07) is 24.0. The molecule has 178 valence electrons. The number of carbonyl (C=O) groups excluding carboxylic acids is 2. The lowest BCUT2D eigenvalue weighted by Gasteiger charge is -2.18. The van der Waals surface area contributed by atoms with Gasteiger partial charge in [-0.2, -0.15) is 4.80 Å². The van der Waals surface area contributed by atoms with Crippen LogP contribution < -0.4 is 10.9 Å². The van der Waals surface area contributed by atoms with E-state index >= 15 is 0 Å². The summed E-state index contributed by atoms with van der Waals surface area (Å²) in [6.45, 7) is 0.180. The van der Waals surface area contributed by atoms with Gasteiger partial charge in [-0.3, -0.25) is 10.2 Å². The third kappa shape index (κ3) is 4.47. The zero-order valence-corrected chi connectivity index (χ0v) is 19.3. The smallest absolute Gasteiger partial charge is 0.425 e. The van der Waals surface area contributed by atoms with Crippen LogP contribution in [0.2, 0.25) is 0 Å². The first-order valence-corrected chi connectivity index (χ1v) is 11.1. The molecule has 0 saturated heterocycles. The molecule has 1 amide bonds. The Bertz CT molecular complexity index is 1540. The molecule has 0 bridgehead atoms. The fourth-order valence-corrected chi connectivity index (χ4v) is 4.00. The number of carbonyl (C=O) groups is 2. The highest BCUT2D eigenvalue weighted by molar-refractivity contribution is 6.20. The van der Waals surface area contributed by atoms with Gasteiger partial charge in [-0.1, -0.05) is 60.7 Å². The van der Waals surface area contributed by atoms with Gasteiger partial charge in [0.05, 0.1) is 30.6 Å². The number of fused-ring (bicyclic) bond motifs is 1. The van der Waals surface area contributed by atoms with Crippen molar-refractivity contribution in [3.63, 3.8) is 0 Å². The van der Waals surface area contributed by atoms with Crippen molar-refractivity contribution in [2.24, 2.45) is 0 Å². The summed E-state index contributed by atoms with van der Waals surface area (Å²) in [4.78, 5) is 32.2. The molecule has 0 atom stereocenters. The molecule has 2 N–H and O–H groups in total. The Morgan fingerprint density at radius 3 is 2.47 bits per heavy atom. The van der Waals surface area contributed by atoms with E-state index in [0.717, 1.165) is 5.56 Å². The maximum Gasteiger partial charge on any atom is 0.425 e. The quantitative estimate of drug-likeness (QED) is 0.266. The van der Waals surface area contributed by atoms with Crippen molar-refractivity contribution in [2.75, 3.05) is 12.5 Å². The minimum Gasteiger partial charge on any atom is -0.452 e. The van der Waals surface area contributed by atoms with Crippen molar-refractivity contribution < 1.29 is 14.3 Å². The number of tetrazole rings is 1. The molecule has 2 aromatic heterocycles. The molecule has 0 aliphatic heterocycles. The predicted octanol–water partition coefficient (Wildman–Crippen LogP) is 3.85. The average Bonchev–Trinajstić information content (AvgIpc) is 3.45. The van der Waals surface area contributed by atoms with E-state index in [-0.39, 0.29) is 12.3 Å². The van der Waals surface area contributed by atoms with Crippen LogP contribution in [0.1, 0.15) is 21.5 Å². The van der Waals surface area contributed by atoms with E-state index in [9.17, 15) is 9.59 Å². The summed E-state index contributed by atoms with van der Waals surface area (Å²) >= 11 is 0. The number of anilines is 1. The van der Waals surface area contributed by atoms with E-state index in [1.807, 2.05) is 54.6 Å². The molecule has 0 unspecified atom stereocenters. The summed E-state index contributed by atoms with van der Waals surface area (Å²) in [5.74, 6) is -0.254. The average molecular weight is 480 g/mol. The Kier molecular flexibility index (Phi) is 6.31. The van der Waals surface area contributed by atoms with Gasteiger partial charge in [0, 0.05) is 27.6 Å². The number of ketones is 1. The topological polar surface area (TPSA) is 124 Å². The van der Waals surface area contributed by atoms with Crippen LogP contribution in [-0.2, 0) is 11.3 Å². The summed E-state index contributed by atoms with van der Waals surface area (Å²) in [5.41, 5.74) is 9.25. The second-order valence-corrected chi connectivity index (χ2v) is 7.78. The number of hydrazine groups is 1. The van der Waals surface area contributed by atoms with Gasteiger partial charge in [-0.25, -0.2) is 15.2 Å². The second kappa shape index (κ2) is 10.0. The Hall–Kier alpha value is -5.12. The fraction of sp³-hybridized carbons (Fsp3) is 0.0769. The van der Waals surface area contributed by atoms with E-state index in [4.69, 9.17) is 4.98 Å². The van der Waals surface area contributed by atoms with Crippen LogP contribution in [0.5, 0.6) is 0 Å². The molecule has 0 radical (unpaired) electrons. The molecule has 0 fully saturated rings. The van der Waals surface area contributed by atoms with Crippen LogP contribution >= 0.6 is 0 Å². The molecule has 0 saturated carbocycles. The summed E-state index contributed by atoms with van der Waals surface area (Å²) in [7, 11) is 1.26. The number of nitrogens with one attached hydrogen (secondary N) is 2. The Balaban J connectivity index is 1.74. The predicted molar refractivity (Wildman–Crippen MR) is 133 cm³/mol. The van der Waals surface area contributed by atoms with Gasteiger partial charge in [-0.15, -0.1) is 10.2 Å². The zero-order valence-electron chi connectivity index (χ0n) is 19.3. The Labute approximate surface area is 205 Å². The second-order valence-electron chi connectivity index (χ2n) is 7.78. The molecule has 36 heavy (non-hydrogen) atoms. The zero-order chi connectivity index (χ0) is 24.9. The monoisotopic (exact) mass is 479 g/mol. The van der Waals surface area contributed by atoms with E-state index in [0.29, 0.717) is 39.0 Å². The first-order chi connectivity index (χ1) is 17.7. The number of pyridine rings is 1. The van der Waals surface area contributed by atoms with E-state index in [1.54, 1.807) is 24.3 Å². The largest absolute Gasteiger partial charge is 0.452 e. The van der Waals surface area contributed by atoms with Gasteiger partial charge < -0.3 is 4.74 Å². The van der Waals surface area contributed by atoms with Crippen LogP contribution in [0.4, 0.5) is 10.5 Å². The van der Waals surface area contributed by atoms with Gasteiger partial charge in [-0.05, 0) is 23.4 Å². The SMILES string of the molecule is COC(=O)NNc1ccccc1C(=O)c1c(Cn2ncnn2)c(-c2ccccc2)nc2ccccc12. The maximum atomic E-state index is 14.3. The molecule has 10 nitrogen and oxygen atoms in total. The number of nitrogens with zero attached hydrogens (tertiary/aromatic N) is 5. The number of hydrogen-bond donors (Lipinski definition) is 2. The summed E-state index contributed by atoms with van der Waals surface area (Å²) in [6.07, 6.45) is 0.659. The van der Waals surface area contributed by atoms with Crippen LogP contribution in [0.25, 0.3) is 22.2 Å². The normalized spacial score (nSPS) is 10.7. The highest BCUT2D eigenvalue weighted by Crippen LogP contribution is 2.33. The number of benzene rings is 3. The number of amides is 1. The number of hydrogen-bond acceptors (Lipinski definition) is 8. The lowest BCUT2D eigenvalue weighted by atomic mass is 9.91. The molecule has 5 rings (SSSR count).